The maximum Gasteiger partial charge on any atom is 0.138 e. The van der Waals surface area contributed by atoms with E-state index in [4.69, 9.17) is 4.98 Å². The van der Waals surface area contributed by atoms with E-state index in [0.717, 1.165) is 33.9 Å². The van der Waals surface area contributed by atoms with Crippen molar-refractivity contribution in [3.05, 3.63) is 84.9 Å². The van der Waals surface area contributed by atoms with E-state index in [2.05, 4.69) is 110 Å². The van der Waals surface area contributed by atoms with Crippen molar-refractivity contribution in [2.24, 2.45) is 0 Å². The Labute approximate surface area is 189 Å². The van der Waals surface area contributed by atoms with Crippen LogP contribution in [0.5, 0.6) is 0 Å². The molecule has 0 unspecified atom stereocenters. The summed E-state index contributed by atoms with van der Waals surface area (Å²) in [4.78, 5) is 8.66. The highest BCUT2D eigenvalue weighted by Crippen LogP contribution is 2.32. The van der Waals surface area contributed by atoms with Crippen molar-refractivity contribution in [2.45, 2.75) is 38.3 Å². The van der Waals surface area contributed by atoms with Gasteiger partial charge in [0.25, 0.3) is 0 Å². The van der Waals surface area contributed by atoms with Gasteiger partial charge in [-0.05, 0) is 0 Å². The van der Waals surface area contributed by atoms with Crippen LogP contribution in [0.3, 0.4) is 0 Å². The molecule has 0 saturated heterocycles. The van der Waals surface area contributed by atoms with Crippen molar-refractivity contribution < 1.29 is 0 Å². The highest BCUT2D eigenvalue weighted by atomic mass is 28.3. The molecule has 1 heterocycles. The smallest absolute Gasteiger partial charge is 0.138 e. The predicted molar refractivity (Wildman–Crippen MR) is 141 cm³/mol. The van der Waals surface area contributed by atoms with Crippen molar-refractivity contribution in [2.75, 3.05) is 0 Å². The molecular weight excluding hydrogens is 408 g/mol. The molecule has 4 rings (SSSR count). The van der Waals surface area contributed by atoms with Crippen LogP contribution < -0.4 is 5.19 Å². The van der Waals surface area contributed by atoms with Gasteiger partial charge in [-0.15, -0.1) is 0 Å². The van der Waals surface area contributed by atoms with E-state index >= 15 is 0 Å². The van der Waals surface area contributed by atoms with Gasteiger partial charge in [0, 0.05) is 25.5 Å². The van der Waals surface area contributed by atoms with E-state index in [1.54, 1.807) is 5.19 Å². The Balaban J connectivity index is 1.70. The zero-order valence-electron chi connectivity index (χ0n) is 19.0. The molecule has 4 aromatic rings. The Morgan fingerprint density at radius 2 is 1.32 bits per heavy atom. The lowest BCUT2D eigenvalue weighted by Crippen LogP contribution is -2.41. The van der Waals surface area contributed by atoms with Gasteiger partial charge in [0.15, 0.2) is 0 Å². The monoisotopic (exact) mass is 440 g/mol. The summed E-state index contributed by atoms with van der Waals surface area (Å²) in [5.74, 6) is 0.929. The number of benzene rings is 3. The number of aromatic nitrogens is 2. The quantitative estimate of drug-likeness (QED) is 0.314. The van der Waals surface area contributed by atoms with Gasteiger partial charge in [-0.1, -0.05) is 128 Å². The molecule has 0 aliphatic carbocycles. The summed E-state index contributed by atoms with van der Waals surface area (Å²) in [6.45, 7) is 9.93. The van der Waals surface area contributed by atoms with Gasteiger partial charge in [0.05, 0.1) is 19.5 Å². The van der Waals surface area contributed by atoms with Crippen LogP contribution in [0.1, 0.15) is 0 Å². The Kier molecular flexibility index (Phi) is 6.39. The molecule has 0 aliphatic heterocycles. The van der Waals surface area contributed by atoms with Gasteiger partial charge in [-0.25, -0.2) is 4.98 Å². The summed E-state index contributed by atoms with van der Waals surface area (Å²) in [6.07, 6.45) is 0. The van der Waals surface area contributed by atoms with E-state index < -0.39 is 16.9 Å². The second kappa shape index (κ2) is 9.20. The lowest BCUT2D eigenvalue weighted by atomic mass is 10.1. The zero-order valence-corrected chi connectivity index (χ0v) is 21.2. The summed E-state index contributed by atoms with van der Waals surface area (Å²) >= 11 is 0. The molecule has 0 fully saturated rings. The highest BCUT2D eigenvalue weighted by molar-refractivity contribution is 6.90. The van der Waals surface area contributed by atoms with Crippen molar-refractivity contribution in [3.63, 3.8) is 0 Å². The number of nitrogens with one attached hydrogen (secondary N) is 1. The van der Waals surface area contributed by atoms with Crippen LogP contribution in [0, 0.1) is 0 Å². The molecule has 1 aromatic heterocycles. The number of rotatable bonds is 7. The molecule has 4 heteroatoms. The summed E-state index contributed by atoms with van der Waals surface area (Å²) in [5, 5.41) is 1.55. The number of nitrogens with zero attached hydrogens (tertiary/aromatic N) is 1. The number of imidazole rings is 1. The summed E-state index contributed by atoms with van der Waals surface area (Å²) in [6, 6.07) is 32.9. The fraction of sp³-hybridized carbons (Fsp3) is 0.222. The van der Waals surface area contributed by atoms with E-state index in [1.165, 1.54) is 12.1 Å². The first kappa shape index (κ1) is 21.5. The molecule has 31 heavy (non-hydrogen) atoms. The second-order valence-electron chi connectivity index (χ2n) is 9.43. The van der Waals surface area contributed by atoms with Crippen molar-refractivity contribution in [1.29, 1.82) is 0 Å². The summed E-state index contributed by atoms with van der Waals surface area (Å²) in [7, 11) is -1.87. The molecule has 0 saturated carbocycles. The van der Waals surface area contributed by atoms with Gasteiger partial charge < -0.3 is 4.98 Å². The third-order valence-corrected chi connectivity index (χ3v) is 11.6. The third-order valence-electron chi connectivity index (χ3n) is 6.10. The van der Waals surface area contributed by atoms with E-state index in [-0.39, 0.29) is 0 Å². The van der Waals surface area contributed by atoms with Gasteiger partial charge in [0.2, 0.25) is 0 Å². The molecule has 0 radical (unpaired) electrons. The second-order valence-corrected chi connectivity index (χ2v) is 17.6. The first-order chi connectivity index (χ1) is 14.9. The molecular formula is C27H32N2Si2. The van der Waals surface area contributed by atoms with Gasteiger partial charge >= 0.3 is 0 Å². The summed E-state index contributed by atoms with van der Waals surface area (Å²) in [5.41, 5.74) is 5.51. The Morgan fingerprint density at radius 3 is 1.90 bits per heavy atom. The minimum Gasteiger partial charge on any atom is -0.337 e. The zero-order chi connectivity index (χ0) is 21.8. The number of hydrogen-bond acceptors (Lipinski definition) is 1. The van der Waals surface area contributed by atoms with Gasteiger partial charge in [-0.3, -0.25) is 0 Å². The topological polar surface area (TPSA) is 28.7 Å². The molecule has 0 amide bonds. The maximum absolute atomic E-state index is 5.04. The largest absolute Gasteiger partial charge is 0.337 e. The van der Waals surface area contributed by atoms with Gasteiger partial charge in [-0.2, -0.15) is 0 Å². The molecule has 0 spiro atoms. The predicted octanol–water partition coefficient (Wildman–Crippen LogP) is 6.81. The van der Waals surface area contributed by atoms with Crippen LogP contribution in [-0.2, 0) is 0 Å². The fourth-order valence-electron chi connectivity index (χ4n) is 4.00. The average Bonchev–Trinajstić information content (AvgIpc) is 3.25. The van der Waals surface area contributed by atoms with Gasteiger partial charge in [0.1, 0.15) is 5.82 Å². The van der Waals surface area contributed by atoms with Crippen molar-refractivity contribution in [1.82, 2.24) is 9.97 Å². The van der Waals surface area contributed by atoms with E-state index in [0.29, 0.717) is 0 Å². The SMILES string of the molecule is C[SiH](C)CC[Si](C)(C)c1ccc(-c2nc(-c3ccccc3)c(-c3ccccc3)[nH]2)cc1. The fourth-order valence-corrected chi connectivity index (χ4v) is 10.6. The Hall–Kier alpha value is -2.70. The minimum absolute atomic E-state index is 0.496. The van der Waals surface area contributed by atoms with Crippen LogP contribution in [0.15, 0.2) is 84.9 Å². The minimum atomic E-state index is -1.37. The van der Waals surface area contributed by atoms with Crippen LogP contribution in [-0.4, -0.2) is 26.8 Å². The summed E-state index contributed by atoms with van der Waals surface area (Å²) < 4.78 is 0. The number of aromatic amines is 1. The Morgan fingerprint density at radius 1 is 0.742 bits per heavy atom. The van der Waals surface area contributed by atoms with Crippen LogP contribution in [0.25, 0.3) is 33.9 Å². The first-order valence-corrected chi connectivity index (χ1v) is 17.6. The lowest BCUT2D eigenvalue weighted by Gasteiger charge is -2.24. The van der Waals surface area contributed by atoms with Crippen molar-refractivity contribution >= 4 is 22.1 Å². The molecule has 0 atom stereocenters. The molecule has 0 aliphatic rings. The average molecular weight is 441 g/mol. The molecule has 158 valence electrons. The maximum atomic E-state index is 5.04. The molecule has 2 nitrogen and oxygen atoms in total. The van der Waals surface area contributed by atoms with Crippen LogP contribution in [0.4, 0.5) is 0 Å². The lowest BCUT2D eigenvalue weighted by molar-refractivity contribution is 1.30. The van der Waals surface area contributed by atoms with E-state index in [9.17, 15) is 0 Å². The number of hydrogen-bond donors (Lipinski definition) is 1. The first-order valence-electron chi connectivity index (χ1n) is 11.3. The molecule has 0 bridgehead atoms. The number of H-pyrrole nitrogens is 1. The normalized spacial score (nSPS) is 11.8. The highest BCUT2D eigenvalue weighted by Gasteiger charge is 2.24. The molecule has 1 N–H and O–H groups in total. The van der Waals surface area contributed by atoms with Crippen molar-refractivity contribution in [3.8, 4) is 33.9 Å². The van der Waals surface area contributed by atoms with E-state index in [1.807, 2.05) is 6.07 Å². The molecule has 3 aromatic carbocycles. The van der Waals surface area contributed by atoms with Crippen LogP contribution >= 0.6 is 0 Å². The standard InChI is InChI=1S/C27H32N2Si2/c1-30(2)19-20-31(3,4)24-17-15-23(16-18-24)27-28-25(21-11-7-5-8-12-21)26(29-27)22-13-9-6-10-14-22/h5-18,30H,19-20H2,1-4H3,(H,28,29). The Bertz CT molecular complexity index is 1060. The third kappa shape index (κ3) is 4.97. The van der Waals surface area contributed by atoms with Crippen LogP contribution in [0.2, 0.25) is 38.3 Å².